The second-order valence-corrected chi connectivity index (χ2v) is 11.3. The maximum atomic E-state index is 13.5. The molecular formula is C24H31Cl2N3O5S. The minimum atomic E-state index is -3.83. The van der Waals surface area contributed by atoms with E-state index in [1.165, 1.54) is 18.1 Å². The Morgan fingerprint density at radius 1 is 1.06 bits per heavy atom. The molecule has 0 heterocycles. The van der Waals surface area contributed by atoms with Gasteiger partial charge in [-0.15, -0.1) is 0 Å². The van der Waals surface area contributed by atoms with E-state index in [9.17, 15) is 18.0 Å². The zero-order valence-electron chi connectivity index (χ0n) is 20.4. The number of nitrogens with zero attached hydrogens (tertiary/aromatic N) is 2. The molecule has 11 heteroatoms. The van der Waals surface area contributed by atoms with Crippen LogP contribution in [-0.4, -0.2) is 57.6 Å². The molecule has 1 unspecified atom stereocenters. The molecule has 0 saturated carbocycles. The van der Waals surface area contributed by atoms with Crippen molar-refractivity contribution in [3.05, 3.63) is 58.1 Å². The average Bonchev–Trinajstić information content (AvgIpc) is 2.80. The van der Waals surface area contributed by atoms with Gasteiger partial charge in [0, 0.05) is 19.2 Å². The third kappa shape index (κ3) is 8.30. The molecule has 0 aliphatic heterocycles. The highest BCUT2D eigenvalue weighted by Crippen LogP contribution is 2.25. The number of nitrogens with one attached hydrogen (secondary N) is 1. The molecule has 0 aliphatic carbocycles. The summed E-state index contributed by atoms with van der Waals surface area (Å²) < 4.78 is 31.4. The summed E-state index contributed by atoms with van der Waals surface area (Å²) in [6, 6.07) is 10.4. The summed E-state index contributed by atoms with van der Waals surface area (Å²) in [6.07, 6.45) is 1.02. The van der Waals surface area contributed by atoms with Crippen molar-refractivity contribution in [1.29, 1.82) is 0 Å². The van der Waals surface area contributed by atoms with Gasteiger partial charge in [-0.1, -0.05) is 49.2 Å². The molecule has 2 amide bonds. The van der Waals surface area contributed by atoms with E-state index in [2.05, 4.69) is 5.32 Å². The van der Waals surface area contributed by atoms with E-state index in [0.717, 1.165) is 10.6 Å². The van der Waals surface area contributed by atoms with Crippen LogP contribution in [-0.2, 0) is 26.2 Å². The van der Waals surface area contributed by atoms with Crippen molar-refractivity contribution in [2.75, 3.05) is 30.8 Å². The van der Waals surface area contributed by atoms with Gasteiger partial charge in [0.2, 0.25) is 21.8 Å². The lowest BCUT2D eigenvalue weighted by molar-refractivity contribution is -0.139. The van der Waals surface area contributed by atoms with Crippen LogP contribution in [0.4, 0.5) is 5.69 Å². The zero-order valence-corrected chi connectivity index (χ0v) is 22.7. The van der Waals surface area contributed by atoms with Gasteiger partial charge in [-0.25, -0.2) is 8.42 Å². The minimum absolute atomic E-state index is 0.0295. The first-order valence-electron chi connectivity index (χ1n) is 11.0. The topological polar surface area (TPSA) is 96.0 Å². The zero-order chi connectivity index (χ0) is 26.3. The van der Waals surface area contributed by atoms with E-state index in [0.29, 0.717) is 27.9 Å². The van der Waals surface area contributed by atoms with Gasteiger partial charge in [0.15, 0.2) is 0 Å². The van der Waals surface area contributed by atoms with Gasteiger partial charge in [-0.3, -0.25) is 13.9 Å². The number of hydrogen-bond acceptors (Lipinski definition) is 5. The number of benzene rings is 2. The van der Waals surface area contributed by atoms with Crippen molar-refractivity contribution >= 4 is 50.7 Å². The van der Waals surface area contributed by atoms with Gasteiger partial charge in [0.1, 0.15) is 18.3 Å². The van der Waals surface area contributed by atoms with E-state index < -0.39 is 28.5 Å². The van der Waals surface area contributed by atoms with E-state index in [-0.39, 0.29) is 24.1 Å². The molecule has 0 bridgehead atoms. The van der Waals surface area contributed by atoms with Crippen LogP contribution in [0.3, 0.4) is 0 Å². The highest BCUT2D eigenvalue weighted by Gasteiger charge is 2.30. The van der Waals surface area contributed by atoms with Crippen molar-refractivity contribution in [2.24, 2.45) is 5.92 Å². The molecule has 8 nitrogen and oxygen atoms in total. The number of sulfonamides is 1. The SMILES string of the molecule is COc1cccc(N(CC(=O)N(Cc2ccc(Cl)c(Cl)c2)C(C)C(=O)NCC(C)C)S(C)(=O)=O)c1. The maximum Gasteiger partial charge on any atom is 0.244 e. The third-order valence-electron chi connectivity index (χ3n) is 5.21. The van der Waals surface area contributed by atoms with Crippen molar-refractivity contribution in [2.45, 2.75) is 33.4 Å². The fraction of sp³-hybridized carbons (Fsp3) is 0.417. The second kappa shape index (κ2) is 12.5. The predicted molar refractivity (Wildman–Crippen MR) is 140 cm³/mol. The number of carbonyl (C=O) groups is 2. The molecule has 0 saturated heterocycles. The number of anilines is 1. The van der Waals surface area contributed by atoms with E-state index >= 15 is 0 Å². The van der Waals surface area contributed by atoms with Crippen LogP contribution in [0.15, 0.2) is 42.5 Å². The molecular weight excluding hydrogens is 513 g/mol. The summed E-state index contributed by atoms with van der Waals surface area (Å²) in [5.41, 5.74) is 0.912. The molecule has 0 fully saturated rings. The first-order chi connectivity index (χ1) is 16.3. The molecule has 0 aliphatic rings. The second-order valence-electron chi connectivity index (χ2n) is 8.56. The molecule has 0 radical (unpaired) electrons. The smallest absolute Gasteiger partial charge is 0.244 e. The molecule has 0 spiro atoms. The number of ether oxygens (including phenoxy) is 1. The van der Waals surface area contributed by atoms with Gasteiger partial charge in [0.25, 0.3) is 0 Å². The van der Waals surface area contributed by atoms with Crippen LogP contribution in [0.5, 0.6) is 5.75 Å². The monoisotopic (exact) mass is 543 g/mol. The quantitative estimate of drug-likeness (QED) is 0.462. The largest absolute Gasteiger partial charge is 0.497 e. The average molecular weight is 545 g/mol. The number of halogens is 2. The lowest BCUT2D eigenvalue weighted by atomic mass is 10.1. The molecule has 192 valence electrons. The fourth-order valence-corrected chi connectivity index (χ4v) is 4.41. The van der Waals surface area contributed by atoms with Crippen molar-refractivity contribution in [1.82, 2.24) is 10.2 Å². The van der Waals surface area contributed by atoms with Crippen LogP contribution < -0.4 is 14.4 Å². The summed E-state index contributed by atoms with van der Waals surface area (Å²) in [4.78, 5) is 27.7. The Morgan fingerprint density at radius 2 is 1.74 bits per heavy atom. The Hall–Kier alpha value is -2.49. The summed E-state index contributed by atoms with van der Waals surface area (Å²) >= 11 is 12.2. The Morgan fingerprint density at radius 3 is 2.31 bits per heavy atom. The van der Waals surface area contributed by atoms with Crippen molar-refractivity contribution in [3.63, 3.8) is 0 Å². The number of methoxy groups -OCH3 is 1. The predicted octanol–water partition coefficient (Wildman–Crippen LogP) is 3.96. The maximum absolute atomic E-state index is 13.5. The Labute approximate surface area is 217 Å². The molecule has 35 heavy (non-hydrogen) atoms. The lowest BCUT2D eigenvalue weighted by Gasteiger charge is -2.31. The number of rotatable bonds is 11. The Kier molecular flexibility index (Phi) is 10.2. The highest BCUT2D eigenvalue weighted by atomic mass is 35.5. The number of hydrogen-bond donors (Lipinski definition) is 1. The summed E-state index contributed by atoms with van der Waals surface area (Å²) in [5, 5.41) is 3.49. The molecule has 0 aromatic heterocycles. The number of amides is 2. The van der Waals surface area contributed by atoms with E-state index in [1.54, 1.807) is 43.3 Å². The Balaban J connectivity index is 2.40. The molecule has 1 N–H and O–H groups in total. The lowest BCUT2D eigenvalue weighted by Crippen LogP contribution is -2.51. The molecule has 2 rings (SSSR count). The molecule has 1 atom stereocenters. The van der Waals surface area contributed by atoms with Crippen LogP contribution in [0.2, 0.25) is 10.0 Å². The molecule has 2 aromatic rings. The van der Waals surface area contributed by atoms with Crippen LogP contribution in [0.25, 0.3) is 0 Å². The van der Waals surface area contributed by atoms with Crippen molar-refractivity contribution in [3.8, 4) is 5.75 Å². The molecule has 2 aromatic carbocycles. The Bertz CT molecular complexity index is 1160. The van der Waals surface area contributed by atoms with Crippen LogP contribution in [0.1, 0.15) is 26.3 Å². The van der Waals surface area contributed by atoms with Gasteiger partial charge in [-0.05, 0) is 42.7 Å². The van der Waals surface area contributed by atoms with Gasteiger partial charge < -0.3 is 15.0 Å². The van der Waals surface area contributed by atoms with E-state index in [1.807, 2.05) is 13.8 Å². The first kappa shape index (κ1) is 28.7. The van der Waals surface area contributed by atoms with Gasteiger partial charge in [0.05, 0.1) is 29.1 Å². The van der Waals surface area contributed by atoms with Gasteiger partial charge >= 0.3 is 0 Å². The van der Waals surface area contributed by atoms with Crippen molar-refractivity contribution < 1.29 is 22.7 Å². The standard InChI is InChI=1S/C24H31Cl2N3O5S/c1-16(2)13-27-24(31)17(3)28(14-18-9-10-21(25)22(26)11-18)23(30)15-29(35(5,32)33)19-7-6-8-20(12-19)34-4/h6-12,16-17H,13-15H2,1-5H3,(H,27,31). The van der Waals surface area contributed by atoms with Gasteiger partial charge in [-0.2, -0.15) is 0 Å². The summed E-state index contributed by atoms with van der Waals surface area (Å²) in [5.74, 6) is -0.243. The highest BCUT2D eigenvalue weighted by molar-refractivity contribution is 7.92. The minimum Gasteiger partial charge on any atom is -0.497 e. The van der Waals surface area contributed by atoms with Crippen LogP contribution in [0, 0.1) is 5.92 Å². The van der Waals surface area contributed by atoms with E-state index in [4.69, 9.17) is 27.9 Å². The fourth-order valence-electron chi connectivity index (χ4n) is 3.25. The third-order valence-corrected chi connectivity index (χ3v) is 7.09. The summed E-state index contributed by atoms with van der Waals surface area (Å²) in [6.45, 7) is 5.49. The normalized spacial score (nSPS) is 12.2. The first-order valence-corrected chi connectivity index (χ1v) is 13.6. The summed E-state index contributed by atoms with van der Waals surface area (Å²) in [7, 11) is -2.37. The number of carbonyl (C=O) groups excluding carboxylic acids is 2. The van der Waals surface area contributed by atoms with Crippen LogP contribution >= 0.6 is 23.2 Å².